The first kappa shape index (κ1) is 28.4. The minimum atomic E-state index is -0.514. The number of guanidine groups is 1. The third kappa shape index (κ3) is 12.4. The molecule has 1 amide bonds. The van der Waals surface area contributed by atoms with Crippen LogP contribution in [0.5, 0.6) is 0 Å². The number of benzene rings is 1. The van der Waals surface area contributed by atoms with Crippen molar-refractivity contribution in [1.29, 1.82) is 0 Å². The van der Waals surface area contributed by atoms with Crippen molar-refractivity contribution in [2.45, 2.75) is 58.2 Å². The number of aliphatic imine (C=N–C) groups is 1. The van der Waals surface area contributed by atoms with Crippen LogP contribution in [0.3, 0.4) is 0 Å². The van der Waals surface area contributed by atoms with Gasteiger partial charge in [-0.3, -0.25) is 10.3 Å². The van der Waals surface area contributed by atoms with Crippen LogP contribution in [0.15, 0.2) is 29.3 Å². The first-order valence-electron chi connectivity index (χ1n) is 11.1. The molecule has 3 N–H and O–H groups in total. The van der Waals surface area contributed by atoms with Gasteiger partial charge in [0.25, 0.3) is 0 Å². The average molecular weight is 562 g/mol. The summed E-state index contributed by atoms with van der Waals surface area (Å²) in [7, 11) is 1.77. The number of anilines is 1. The Morgan fingerprint density at radius 3 is 2.41 bits per heavy atom. The SMILES string of the molecule is CN=C(NCCCOC1CCOCC1)NCCc1ccc(NC(=O)OC(C)(C)C)cc1.I. The molecule has 1 aliphatic rings. The van der Waals surface area contributed by atoms with Crippen LogP contribution in [0.1, 0.15) is 45.6 Å². The second-order valence-corrected chi connectivity index (χ2v) is 8.54. The number of nitrogens with zero attached hydrogens (tertiary/aromatic N) is 1. The monoisotopic (exact) mass is 562 g/mol. The molecule has 0 aromatic heterocycles. The quantitative estimate of drug-likeness (QED) is 0.183. The van der Waals surface area contributed by atoms with Gasteiger partial charge in [0.1, 0.15) is 5.60 Å². The van der Waals surface area contributed by atoms with Crippen molar-refractivity contribution in [2.75, 3.05) is 45.3 Å². The molecule has 0 unspecified atom stereocenters. The molecule has 1 aromatic rings. The molecule has 182 valence electrons. The average Bonchev–Trinajstić information content (AvgIpc) is 2.73. The minimum Gasteiger partial charge on any atom is -0.444 e. The molecule has 1 aliphatic heterocycles. The molecule has 8 nitrogen and oxygen atoms in total. The van der Waals surface area contributed by atoms with Gasteiger partial charge >= 0.3 is 6.09 Å². The fourth-order valence-corrected chi connectivity index (χ4v) is 3.09. The van der Waals surface area contributed by atoms with Gasteiger partial charge in [-0.15, -0.1) is 24.0 Å². The highest BCUT2D eigenvalue weighted by atomic mass is 127. The van der Waals surface area contributed by atoms with Gasteiger partial charge in [-0.1, -0.05) is 12.1 Å². The predicted octanol–water partition coefficient (Wildman–Crippen LogP) is 3.94. The van der Waals surface area contributed by atoms with Crippen molar-refractivity contribution in [2.24, 2.45) is 4.99 Å². The molecule has 0 radical (unpaired) electrons. The van der Waals surface area contributed by atoms with E-state index in [-0.39, 0.29) is 24.0 Å². The van der Waals surface area contributed by atoms with E-state index in [0.29, 0.717) is 11.8 Å². The molecule has 1 aromatic carbocycles. The molecule has 1 saturated heterocycles. The summed E-state index contributed by atoms with van der Waals surface area (Å²) in [6.07, 6.45) is 3.67. The van der Waals surface area contributed by atoms with Crippen LogP contribution in [0, 0.1) is 0 Å². The van der Waals surface area contributed by atoms with E-state index in [1.165, 1.54) is 5.56 Å². The standard InChI is InChI=1S/C23H38N4O4.HI/c1-23(2,3)31-22(28)27-19-8-6-18(7-9-19)10-14-26-21(24-4)25-13-5-15-30-20-11-16-29-17-12-20;/h6-9,20H,5,10-17H2,1-4H3,(H,27,28)(H2,24,25,26);1H. The molecule has 0 spiro atoms. The molecule has 0 atom stereocenters. The van der Waals surface area contributed by atoms with Gasteiger partial charge in [0, 0.05) is 45.6 Å². The highest BCUT2D eigenvalue weighted by molar-refractivity contribution is 14.0. The molecule has 32 heavy (non-hydrogen) atoms. The van der Waals surface area contributed by atoms with Crippen molar-refractivity contribution in [3.05, 3.63) is 29.8 Å². The largest absolute Gasteiger partial charge is 0.444 e. The highest BCUT2D eigenvalue weighted by Crippen LogP contribution is 2.13. The van der Waals surface area contributed by atoms with Crippen LogP contribution < -0.4 is 16.0 Å². The molecular weight excluding hydrogens is 523 g/mol. The van der Waals surface area contributed by atoms with Gasteiger partial charge in [0.15, 0.2) is 5.96 Å². The smallest absolute Gasteiger partial charge is 0.412 e. The lowest BCUT2D eigenvalue weighted by atomic mass is 10.1. The molecular formula is C23H39IN4O4. The molecule has 0 aliphatic carbocycles. The number of rotatable bonds is 9. The first-order valence-corrected chi connectivity index (χ1v) is 11.1. The third-order valence-corrected chi connectivity index (χ3v) is 4.66. The maximum atomic E-state index is 11.8. The Morgan fingerprint density at radius 2 is 1.78 bits per heavy atom. The van der Waals surface area contributed by atoms with E-state index in [4.69, 9.17) is 14.2 Å². The van der Waals surface area contributed by atoms with Crippen molar-refractivity contribution < 1.29 is 19.0 Å². The summed E-state index contributed by atoms with van der Waals surface area (Å²) in [4.78, 5) is 16.1. The van der Waals surface area contributed by atoms with Crippen LogP contribution >= 0.6 is 24.0 Å². The molecule has 2 rings (SSSR count). The summed E-state index contributed by atoms with van der Waals surface area (Å²) >= 11 is 0. The van der Waals surface area contributed by atoms with Gasteiger partial charge < -0.3 is 24.8 Å². The van der Waals surface area contributed by atoms with E-state index in [1.807, 2.05) is 45.0 Å². The third-order valence-electron chi connectivity index (χ3n) is 4.66. The lowest BCUT2D eigenvalue weighted by Crippen LogP contribution is -2.39. The van der Waals surface area contributed by atoms with E-state index < -0.39 is 11.7 Å². The summed E-state index contributed by atoms with van der Waals surface area (Å²) in [5.41, 5.74) is 1.37. The second kappa shape index (κ2) is 15.3. The summed E-state index contributed by atoms with van der Waals surface area (Å²) in [5.74, 6) is 0.786. The van der Waals surface area contributed by atoms with Crippen LogP contribution in [0.2, 0.25) is 0 Å². The Balaban J connectivity index is 0.00000512. The highest BCUT2D eigenvalue weighted by Gasteiger charge is 2.16. The van der Waals surface area contributed by atoms with E-state index >= 15 is 0 Å². The summed E-state index contributed by atoms with van der Waals surface area (Å²) in [6.45, 7) is 9.46. The zero-order chi connectivity index (χ0) is 22.5. The Kier molecular flexibility index (Phi) is 13.6. The molecule has 0 saturated carbocycles. The molecule has 9 heteroatoms. The number of amides is 1. The number of carbonyl (C=O) groups excluding carboxylic acids is 1. The molecule has 0 bridgehead atoms. The van der Waals surface area contributed by atoms with E-state index in [1.54, 1.807) is 7.05 Å². The normalized spacial score (nSPS) is 14.9. The molecule has 1 fully saturated rings. The fraction of sp³-hybridized carbons (Fsp3) is 0.652. The number of halogens is 1. The van der Waals surface area contributed by atoms with Crippen molar-refractivity contribution in [3.63, 3.8) is 0 Å². The second-order valence-electron chi connectivity index (χ2n) is 8.54. The zero-order valence-corrected chi connectivity index (χ0v) is 22.1. The van der Waals surface area contributed by atoms with Gasteiger partial charge in [0.05, 0.1) is 6.10 Å². The van der Waals surface area contributed by atoms with Crippen LogP contribution in [-0.4, -0.2) is 63.7 Å². The van der Waals surface area contributed by atoms with Gasteiger partial charge in [-0.25, -0.2) is 4.79 Å². The maximum absolute atomic E-state index is 11.8. The van der Waals surface area contributed by atoms with Crippen LogP contribution in [-0.2, 0) is 20.6 Å². The van der Waals surface area contributed by atoms with Crippen molar-refractivity contribution in [1.82, 2.24) is 10.6 Å². The zero-order valence-electron chi connectivity index (χ0n) is 19.7. The Hall–Kier alpha value is -1.59. The Bertz CT molecular complexity index is 686. The summed E-state index contributed by atoms with van der Waals surface area (Å²) in [6, 6.07) is 7.76. The van der Waals surface area contributed by atoms with Crippen LogP contribution in [0.25, 0.3) is 0 Å². The van der Waals surface area contributed by atoms with Gasteiger partial charge in [-0.05, 0) is 64.2 Å². The fourth-order valence-electron chi connectivity index (χ4n) is 3.09. The lowest BCUT2D eigenvalue weighted by molar-refractivity contribution is -0.0320. The number of hydrogen-bond donors (Lipinski definition) is 3. The summed E-state index contributed by atoms with van der Waals surface area (Å²) in [5, 5.41) is 9.38. The number of carbonyl (C=O) groups is 1. The summed E-state index contributed by atoms with van der Waals surface area (Å²) < 4.78 is 16.5. The number of nitrogens with one attached hydrogen (secondary N) is 3. The van der Waals surface area contributed by atoms with Gasteiger partial charge in [0.2, 0.25) is 0 Å². The topological polar surface area (TPSA) is 93.2 Å². The Labute approximate surface area is 209 Å². The minimum absolute atomic E-state index is 0. The predicted molar refractivity (Wildman–Crippen MR) is 139 cm³/mol. The van der Waals surface area contributed by atoms with Crippen LogP contribution in [0.4, 0.5) is 10.5 Å². The Morgan fingerprint density at radius 1 is 1.12 bits per heavy atom. The molecule has 1 heterocycles. The van der Waals surface area contributed by atoms with Gasteiger partial charge in [-0.2, -0.15) is 0 Å². The van der Waals surface area contributed by atoms with Crippen molar-refractivity contribution >= 4 is 41.7 Å². The lowest BCUT2D eigenvalue weighted by Gasteiger charge is -2.22. The maximum Gasteiger partial charge on any atom is 0.412 e. The number of hydrogen-bond acceptors (Lipinski definition) is 5. The van der Waals surface area contributed by atoms with E-state index in [9.17, 15) is 4.79 Å². The van der Waals surface area contributed by atoms with E-state index in [0.717, 1.165) is 64.6 Å². The van der Waals surface area contributed by atoms with Crippen molar-refractivity contribution in [3.8, 4) is 0 Å². The number of ether oxygens (including phenoxy) is 3. The first-order chi connectivity index (χ1) is 14.9. The van der Waals surface area contributed by atoms with E-state index in [2.05, 4.69) is 20.9 Å².